The summed E-state index contributed by atoms with van der Waals surface area (Å²) in [6.07, 6.45) is -1.59. The van der Waals surface area contributed by atoms with Crippen molar-refractivity contribution >= 4 is 5.69 Å². The van der Waals surface area contributed by atoms with Gasteiger partial charge in [0.1, 0.15) is 17.5 Å². The molecule has 2 heterocycles. The van der Waals surface area contributed by atoms with E-state index in [-0.39, 0.29) is 11.6 Å². The average Bonchev–Trinajstić information content (AvgIpc) is 2.53. The van der Waals surface area contributed by atoms with E-state index in [0.29, 0.717) is 11.3 Å². The molecule has 9 heteroatoms. The van der Waals surface area contributed by atoms with Crippen molar-refractivity contribution < 1.29 is 19.5 Å². The number of benzene rings is 1. The Morgan fingerprint density at radius 1 is 1.42 bits per heavy atom. The fraction of sp³-hybridized carbons (Fsp3) is 0.333. The number of nitro benzene ring substituents is 1. The first-order valence-electron chi connectivity index (χ1n) is 7.19. The molecule has 0 saturated carbocycles. The van der Waals surface area contributed by atoms with Crippen LogP contribution in [0.25, 0.3) is 0 Å². The van der Waals surface area contributed by atoms with Gasteiger partial charge in [0.2, 0.25) is 5.88 Å². The van der Waals surface area contributed by atoms with Gasteiger partial charge in [-0.1, -0.05) is 0 Å². The van der Waals surface area contributed by atoms with Gasteiger partial charge in [-0.25, -0.2) is 5.10 Å². The maximum atomic E-state index is 11.1. The summed E-state index contributed by atoms with van der Waals surface area (Å²) in [4.78, 5) is 21.6. The molecule has 2 N–H and O–H groups in total. The van der Waals surface area contributed by atoms with E-state index in [4.69, 9.17) is 9.47 Å². The van der Waals surface area contributed by atoms with E-state index >= 15 is 0 Å². The minimum Gasteiger partial charge on any atom is -0.487 e. The van der Waals surface area contributed by atoms with Gasteiger partial charge >= 0.3 is 0 Å². The molecular formula is C15H15N3O6. The number of non-ortho nitro benzene ring substituents is 1. The van der Waals surface area contributed by atoms with E-state index < -0.39 is 28.3 Å². The maximum Gasteiger partial charge on any atom is 0.270 e. The van der Waals surface area contributed by atoms with Gasteiger partial charge in [0.15, 0.2) is 6.10 Å². The van der Waals surface area contributed by atoms with E-state index in [9.17, 15) is 20.0 Å². The van der Waals surface area contributed by atoms with Crippen LogP contribution in [-0.2, 0) is 0 Å². The van der Waals surface area contributed by atoms with Crippen LogP contribution in [0.1, 0.15) is 25.5 Å². The second-order valence-corrected chi connectivity index (χ2v) is 5.72. The fourth-order valence-corrected chi connectivity index (χ4v) is 2.50. The number of aromatic amines is 1. The summed E-state index contributed by atoms with van der Waals surface area (Å²) in [5.74, 6) is 0.459. The molecule has 0 radical (unpaired) electrons. The van der Waals surface area contributed by atoms with Crippen LogP contribution in [-0.4, -0.2) is 31.9 Å². The summed E-state index contributed by atoms with van der Waals surface area (Å²) >= 11 is 0. The predicted molar refractivity (Wildman–Crippen MR) is 82.0 cm³/mol. The van der Waals surface area contributed by atoms with Crippen LogP contribution < -0.4 is 15.0 Å². The largest absolute Gasteiger partial charge is 0.487 e. The molecule has 1 aliphatic heterocycles. The van der Waals surface area contributed by atoms with Crippen molar-refractivity contribution in [1.29, 1.82) is 0 Å². The third kappa shape index (κ3) is 2.69. The Morgan fingerprint density at radius 3 is 2.79 bits per heavy atom. The summed E-state index contributed by atoms with van der Waals surface area (Å²) in [6, 6.07) is 6.67. The minimum absolute atomic E-state index is 0.0754. The number of fused-ring (bicyclic) bond motifs is 1. The normalized spacial score (nSPS) is 25.5. The van der Waals surface area contributed by atoms with Gasteiger partial charge in [-0.2, -0.15) is 0 Å². The molecule has 0 spiro atoms. The van der Waals surface area contributed by atoms with Crippen LogP contribution in [0.5, 0.6) is 11.6 Å². The van der Waals surface area contributed by atoms with E-state index in [1.54, 1.807) is 6.92 Å². The summed E-state index contributed by atoms with van der Waals surface area (Å²) in [5.41, 5.74) is -1.68. The van der Waals surface area contributed by atoms with Gasteiger partial charge < -0.3 is 14.6 Å². The molecule has 1 aromatic carbocycles. The number of nitro groups is 1. The number of ether oxygens (including phenoxy) is 2. The highest BCUT2D eigenvalue weighted by Crippen LogP contribution is 2.44. The van der Waals surface area contributed by atoms with Gasteiger partial charge in [0.05, 0.1) is 4.92 Å². The molecule has 0 fully saturated rings. The number of hydrogen-bond acceptors (Lipinski definition) is 7. The molecule has 1 aromatic heterocycles. The highest BCUT2D eigenvalue weighted by Gasteiger charge is 2.47. The van der Waals surface area contributed by atoms with Gasteiger partial charge in [0.25, 0.3) is 11.2 Å². The predicted octanol–water partition coefficient (Wildman–Crippen LogP) is 1.33. The highest BCUT2D eigenvalue weighted by molar-refractivity contribution is 5.48. The lowest BCUT2D eigenvalue weighted by Gasteiger charge is -2.42. The molecule has 126 valence electrons. The van der Waals surface area contributed by atoms with Crippen LogP contribution in [0.15, 0.2) is 35.1 Å². The van der Waals surface area contributed by atoms with Crippen LogP contribution in [0.3, 0.4) is 0 Å². The SMILES string of the molecule is CC1Oc2ccc([N+](=O)[O-])cc2C(Oc2ccc(=O)[nH]n2)C1(C)O. The van der Waals surface area contributed by atoms with E-state index in [2.05, 4.69) is 10.2 Å². The molecule has 0 aliphatic carbocycles. The Bertz CT molecular complexity index is 827. The Balaban J connectivity index is 2.07. The van der Waals surface area contributed by atoms with Crippen molar-refractivity contribution in [2.75, 3.05) is 0 Å². The zero-order valence-corrected chi connectivity index (χ0v) is 12.9. The minimum atomic E-state index is -1.47. The monoisotopic (exact) mass is 333 g/mol. The van der Waals surface area contributed by atoms with Gasteiger partial charge in [-0.3, -0.25) is 14.9 Å². The van der Waals surface area contributed by atoms with E-state index in [0.717, 1.165) is 0 Å². The van der Waals surface area contributed by atoms with Gasteiger partial charge in [0, 0.05) is 29.8 Å². The Labute approximate surface area is 136 Å². The molecule has 3 atom stereocenters. The summed E-state index contributed by atoms with van der Waals surface area (Å²) in [6.45, 7) is 3.18. The highest BCUT2D eigenvalue weighted by atomic mass is 16.6. The van der Waals surface area contributed by atoms with Crippen molar-refractivity contribution in [3.05, 3.63) is 56.4 Å². The van der Waals surface area contributed by atoms with E-state index in [1.807, 2.05) is 0 Å². The summed E-state index contributed by atoms with van der Waals surface area (Å²) in [7, 11) is 0. The van der Waals surface area contributed by atoms with E-state index in [1.165, 1.54) is 37.3 Å². The molecule has 0 bridgehead atoms. The third-order valence-corrected chi connectivity index (χ3v) is 4.04. The number of H-pyrrole nitrogens is 1. The summed E-state index contributed by atoms with van der Waals surface area (Å²) in [5, 5.41) is 27.8. The van der Waals surface area contributed by atoms with Crippen LogP contribution >= 0.6 is 0 Å². The topological polar surface area (TPSA) is 128 Å². The zero-order valence-electron chi connectivity index (χ0n) is 12.9. The second kappa shape index (κ2) is 5.60. The van der Waals surface area contributed by atoms with Crippen molar-refractivity contribution in [3.63, 3.8) is 0 Å². The molecule has 24 heavy (non-hydrogen) atoms. The zero-order chi connectivity index (χ0) is 17.5. The molecule has 2 aromatic rings. The number of nitrogens with one attached hydrogen (secondary N) is 1. The quantitative estimate of drug-likeness (QED) is 0.640. The molecular weight excluding hydrogens is 318 g/mol. The van der Waals surface area contributed by atoms with Crippen molar-refractivity contribution in [1.82, 2.24) is 10.2 Å². The van der Waals surface area contributed by atoms with Crippen molar-refractivity contribution in [2.45, 2.75) is 31.7 Å². The molecule has 0 saturated heterocycles. The van der Waals surface area contributed by atoms with Gasteiger partial charge in [-0.05, 0) is 19.9 Å². The number of nitrogens with zero attached hydrogens (tertiary/aromatic N) is 2. The maximum absolute atomic E-state index is 11.1. The number of aromatic nitrogens is 2. The fourth-order valence-electron chi connectivity index (χ4n) is 2.50. The lowest BCUT2D eigenvalue weighted by molar-refractivity contribution is -0.385. The Hall–Kier alpha value is -2.94. The third-order valence-electron chi connectivity index (χ3n) is 4.04. The molecule has 3 unspecified atom stereocenters. The lowest BCUT2D eigenvalue weighted by Crippen LogP contribution is -2.51. The Morgan fingerprint density at radius 2 is 2.17 bits per heavy atom. The van der Waals surface area contributed by atoms with Crippen molar-refractivity contribution in [2.24, 2.45) is 0 Å². The van der Waals surface area contributed by atoms with Crippen LogP contribution in [0.4, 0.5) is 5.69 Å². The molecule has 3 rings (SSSR count). The molecule has 1 aliphatic rings. The number of hydrogen-bond donors (Lipinski definition) is 2. The van der Waals surface area contributed by atoms with Crippen LogP contribution in [0.2, 0.25) is 0 Å². The van der Waals surface area contributed by atoms with Crippen molar-refractivity contribution in [3.8, 4) is 11.6 Å². The number of aliphatic hydroxyl groups is 1. The lowest BCUT2D eigenvalue weighted by atomic mass is 9.85. The molecule has 0 amide bonds. The summed E-state index contributed by atoms with van der Waals surface area (Å²) < 4.78 is 11.4. The molecule has 9 nitrogen and oxygen atoms in total. The second-order valence-electron chi connectivity index (χ2n) is 5.72. The first-order valence-corrected chi connectivity index (χ1v) is 7.19. The average molecular weight is 333 g/mol. The smallest absolute Gasteiger partial charge is 0.270 e. The standard InChI is InChI=1S/C15H15N3O6/c1-8-15(2,20)14(24-13-6-5-12(19)16-17-13)10-7-9(18(21)22)3-4-11(10)23-8/h3-8,14,20H,1-2H3,(H,16,19). The first-order chi connectivity index (χ1) is 11.3. The van der Waals surface area contributed by atoms with Crippen LogP contribution in [0, 0.1) is 10.1 Å². The Kier molecular flexibility index (Phi) is 3.72. The van der Waals surface area contributed by atoms with Gasteiger partial charge in [-0.15, -0.1) is 5.10 Å². The first kappa shape index (κ1) is 15.9. The number of rotatable bonds is 3.